The van der Waals surface area contributed by atoms with Crippen molar-refractivity contribution in [1.29, 1.82) is 0 Å². The lowest BCUT2D eigenvalue weighted by atomic mass is 10.1. The Hall–Kier alpha value is -3.35. The predicted molar refractivity (Wildman–Crippen MR) is 87.5 cm³/mol. The van der Waals surface area contributed by atoms with Crippen molar-refractivity contribution in [3.8, 4) is 22.8 Å². The average Bonchev–Trinajstić information content (AvgIpc) is 3.05. The van der Waals surface area contributed by atoms with E-state index in [0.717, 1.165) is 17.3 Å². The molecule has 4 N–H and O–H groups in total. The van der Waals surface area contributed by atoms with Crippen LogP contribution >= 0.6 is 0 Å². The molecule has 1 aromatic carbocycles. The summed E-state index contributed by atoms with van der Waals surface area (Å²) in [5.41, 5.74) is 1.85. The Kier molecular flexibility index (Phi) is 4.15. The van der Waals surface area contributed by atoms with E-state index in [2.05, 4.69) is 20.3 Å². The summed E-state index contributed by atoms with van der Waals surface area (Å²) in [4.78, 5) is 23.6. The molecule has 0 aliphatic rings. The first kappa shape index (κ1) is 15.5. The number of hydrogen-bond donors (Lipinski definition) is 4. The third-order valence-corrected chi connectivity index (χ3v) is 3.57. The molecule has 0 fully saturated rings. The number of aromatic hydroxyl groups is 2. The molecule has 3 aromatic rings. The molecule has 7 heteroatoms. The lowest BCUT2D eigenvalue weighted by molar-refractivity contribution is 0.0935. The molecule has 1 amide bonds. The monoisotopic (exact) mass is 324 g/mol. The van der Waals surface area contributed by atoms with Crippen LogP contribution in [0, 0.1) is 0 Å². The van der Waals surface area contributed by atoms with Gasteiger partial charge in [-0.15, -0.1) is 0 Å². The number of carbonyl (C=O) groups excluding carboxylic acids is 1. The molecule has 24 heavy (non-hydrogen) atoms. The molecule has 0 bridgehead atoms. The normalized spacial score (nSPS) is 11.9. The zero-order chi connectivity index (χ0) is 17.1. The van der Waals surface area contributed by atoms with Crippen LogP contribution < -0.4 is 5.32 Å². The van der Waals surface area contributed by atoms with Gasteiger partial charge in [0.15, 0.2) is 0 Å². The highest BCUT2D eigenvalue weighted by Crippen LogP contribution is 2.23. The molecule has 0 spiro atoms. The van der Waals surface area contributed by atoms with Gasteiger partial charge in [0.05, 0.1) is 23.5 Å². The fraction of sp³-hybridized carbons (Fsp3) is 0.118. The van der Waals surface area contributed by atoms with E-state index >= 15 is 0 Å². The number of benzene rings is 1. The summed E-state index contributed by atoms with van der Waals surface area (Å²) in [5.74, 6) is -0.253. The summed E-state index contributed by atoms with van der Waals surface area (Å²) in [6.07, 6.45) is 5.06. The van der Waals surface area contributed by atoms with Crippen molar-refractivity contribution >= 4 is 5.91 Å². The van der Waals surface area contributed by atoms with Crippen LogP contribution in [-0.2, 0) is 0 Å². The fourth-order valence-corrected chi connectivity index (χ4v) is 2.29. The van der Waals surface area contributed by atoms with Crippen LogP contribution in [0.4, 0.5) is 0 Å². The van der Waals surface area contributed by atoms with Gasteiger partial charge in [-0.25, -0.2) is 4.98 Å². The van der Waals surface area contributed by atoms with Crippen molar-refractivity contribution in [2.75, 3.05) is 0 Å². The number of aromatic nitrogens is 3. The Morgan fingerprint density at radius 3 is 2.67 bits per heavy atom. The van der Waals surface area contributed by atoms with Gasteiger partial charge in [-0.3, -0.25) is 9.78 Å². The van der Waals surface area contributed by atoms with Gasteiger partial charge in [0, 0.05) is 24.0 Å². The summed E-state index contributed by atoms with van der Waals surface area (Å²) < 4.78 is 0. The van der Waals surface area contributed by atoms with E-state index in [1.165, 1.54) is 12.1 Å². The number of pyridine rings is 1. The van der Waals surface area contributed by atoms with Crippen molar-refractivity contribution in [2.24, 2.45) is 0 Å². The number of phenolic OH excluding ortho intramolecular Hbond substituents is 2. The predicted octanol–water partition coefficient (Wildman–Crippen LogP) is 2.37. The van der Waals surface area contributed by atoms with Gasteiger partial charge >= 0.3 is 0 Å². The summed E-state index contributed by atoms with van der Waals surface area (Å²) in [6.45, 7) is 1.78. The third-order valence-electron chi connectivity index (χ3n) is 3.57. The van der Waals surface area contributed by atoms with Crippen LogP contribution in [0.2, 0.25) is 0 Å². The second-order valence-electron chi connectivity index (χ2n) is 5.31. The van der Waals surface area contributed by atoms with E-state index in [9.17, 15) is 15.0 Å². The number of nitrogens with one attached hydrogen (secondary N) is 2. The minimum Gasteiger partial charge on any atom is -0.508 e. The molecule has 0 radical (unpaired) electrons. The van der Waals surface area contributed by atoms with E-state index in [1.54, 1.807) is 25.5 Å². The number of phenols is 2. The lowest BCUT2D eigenvalue weighted by Gasteiger charge is -2.12. The van der Waals surface area contributed by atoms with Gasteiger partial charge in [-0.05, 0) is 31.2 Å². The molecule has 122 valence electrons. The fourth-order valence-electron chi connectivity index (χ4n) is 2.29. The zero-order valence-corrected chi connectivity index (χ0v) is 12.9. The van der Waals surface area contributed by atoms with Crippen molar-refractivity contribution in [1.82, 2.24) is 20.3 Å². The molecule has 1 atom stereocenters. The molecule has 0 saturated carbocycles. The smallest absolute Gasteiger partial charge is 0.255 e. The SMILES string of the molecule is C[C@@H](NC(=O)c1ccc(O)cc1O)c1ncc(-c2ccncc2)[nH]1. The lowest BCUT2D eigenvalue weighted by Crippen LogP contribution is -2.27. The summed E-state index contributed by atoms with van der Waals surface area (Å²) in [7, 11) is 0. The molecule has 0 aliphatic heterocycles. The Morgan fingerprint density at radius 2 is 1.96 bits per heavy atom. The van der Waals surface area contributed by atoms with E-state index in [1.807, 2.05) is 12.1 Å². The molecule has 0 saturated heterocycles. The van der Waals surface area contributed by atoms with Gasteiger partial charge in [0.1, 0.15) is 17.3 Å². The molecular formula is C17H16N4O3. The number of carbonyl (C=O) groups is 1. The van der Waals surface area contributed by atoms with E-state index < -0.39 is 5.91 Å². The number of hydrogen-bond acceptors (Lipinski definition) is 5. The van der Waals surface area contributed by atoms with Gasteiger partial charge in [0.2, 0.25) is 0 Å². The number of rotatable bonds is 4. The molecule has 2 aromatic heterocycles. The van der Waals surface area contributed by atoms with E-state index in [0.29, 0.717) is 5.82 Å². The first-order chi connectivity index (χ1) is 11.5. The number of H-pyrrole nitrogens is 1. The quantitative estimate of drug-likeness (QED) is 0.589. The number of imidazole rings is 1. The van der Waals surface area contributed by atoms with Gasteiger partial charge in [-0.2, -0.15) is 0 Å². The minimum absolute atomic E-state index is 0.0839. The molecule has 2 heterocycles. The second-order valence-corrected chi connectivity index (χ2v) is 5.31. The Morgan fingerprint density at radius 1 is 1.21 bits per heavy atom. The van der Waals surface area contributed by atoms with Gasteiger partial charge < -0.3 is 20.5 Å². The minimum atomic E-state index is -0.457. The van der Waals surface area contributed by atoms with Crippen molar-refractivity contribution < 1.29 is 15.0 Å². The maximum absolute atomic E-state index is 12.2. The number of nitrogens with zero attached hydrogens (tertiary/aromatic N) is 2. The summed E-state index contributed by atoms with van der Waals surface area (Å²) >= 11 is 0. The van der Waals surface area contributed by atoms with Crippen LogP contribution in [0.15, 0.2) is 48.9 Å². The molecule has 3 rings (SSSR count). The molecule has 0 unspecified atom stereocenters. The second kappa shape index (κ2) is 6.41. The number of amides is 1. The van der Waals surface area contributed by atoms with Crippen molar-refractivity contribution in [3.05, 3.63) is 60.3 Å². The van der Waals surface area contributed by atoms with Crippen molar-refractivity contribution in [2.45, 2.75) is 13.0 Å². The van der Waals surface area contributed by atoms with E-state index in [4.69, 9.17) is 0 Å². The van der Waals surface area contributed by atoms with Crippen LogP contribution in [-0.4, -0.2) is 31.1 Å². The van der Waals surface area contributed by atoms with Crippen molar-refractivity contribution in [3.63, 3.8) is 0 Å². The molecule has 7 nitrogen and oxygen atoms in total. The maximum atomic E-state index is 12.2. The third kappa shape index (κ3) is 3.19. The Bertz CT molecular complexity index is 861. The van der Waals surface area contributed by atoms with Gasteiger partial charge in [0.25, 0.3) is 5.91 Å². The summed E-state index contributed by atoms with van der Waals surface area (Å²) in [6, 6.07) is 7.14. The van der Waals surface area contributed by atoms with E-state index in [-0.39, 0.29) is 23.1 Å². The zero-order valence-electron chi connectivity index (χ0n) is 12.9. The topological polar surface area (TPSA) is 111 Å². The largest absolute Gasteiger partial charge is 0.508 e. The van der Waals surface area contributed by atoms with Gasteiger partial charge in [-0.1, -0.05) is 0 Å². The van der Waals surface area contributed by atoms with Crippen LogP contribution in [0.1, 0.15) is 29.1 Å². The van der Waals surface area contributed by atoms with Crippen LogP contribution in [0.3, 0.4) is 0 Å². The Labute approximate surface area is 138 Å². The molecular weight excluding hydrogens is 308 g/mol. The first-order valence-corrected chi connectivity index (χ1v) is 7.32. The van der Waals surface area contributed by atoms with Crippen LogP contribution in [0.5, 0.6) is 11.5 Å². The Balaban J connectivity index is 1.74. The first-order valence-electron chi connectivity index (χ1n) is 7.32. The average molecular weight is 324 g/mol. The maximum Gasteiger partial charge on any atom is 0.255 e. The highest BCUT2D eigenvalue weighted by Gasteiger charge is 2.17. The van der Waals surface area contributed by atoms with Crippen LogP contribution in [0.25, 0.3) is 11.3 Å². The number of aromatic amines is 1. The standard InChI is InChI=1S/C17H16N4O3/c1-10(20-17(24)13-3-2-12(22)8-15(13)23)16-19-9-14(21-16)11-4-6-18-7-5-11/h2-10,22-23H,1H3,(H,19,21)(H,20,24)/t10-/m1/s1. The highest BCUT2D eigenvalue weighted by molar-refractivity contribution is 5.97. The highest BCUT2D eigenvalue weighted by atomic mass is 16.3. The summed E-state index contributed by atoms with van der Waals surface area (Å²) in [5, 5.41) is 21.8. The molecule has 0 aliphatic carbocycles.